The van der Waals surface area contributed by atoms with Crippen molar-refractivity contribution in [2.75, 3.05) is 33.7 Å². The molecule has 1 saturated heterocycles. The third-order valence-electron chi connectivity index (χ3n) is 3.27. The van der Waals surface area contributed by atoms with Crippen LogP contribution in [0.4, 0.5) is 4.39 Å². The average molecular weight is 265 g/mol. The molecule has 1 amide bonds. The molecule has 104 valence electrons. The molecule has 0 aromatic heterocycles. The van der Waals surface area contributed by atoms with Gasteiger partial charge in [0.2, 0.25) is 5.91 Å². The van der Waals surface area contributed by atoms with Crippen LogP contribution < -0.4 is 5.32 Å². The number of nitrogens with one attached hydrogen (secondary N) is 1. The molecule has 19 heavy (non-hydrogen) atoms. The second kappa shape index (κ2) is 6.12. The highest BCUT2D eigenvalue weighted by atomic mass is 19.1. The van der Waals surface area contributed by atoms with E-state index in [2.05, 4.69) is 10.2 Å². The topological polar surface area (TPSA) is 35.6 Å². The van der Waals surface area contributed by atoms with Crippen LogP contribution in [-0.2, 0) is 4.79 Å². The van der Waals surface area contributed by atoms with E-state index in [1.54, 1.807) is 12.1 Å². The van der Waals surface area contributed by atoms with E-state index in [0.717, 1.165) is 18.5 Å². The molecule has 1 aliphatic rings. The average Bonchev–Trinajstić information content (AvgIpc) is 2.72. The second-order valence-corrected chi connectivity index (χ2v) is 5.08. The molecule has 1 aromatic rings. The predicted molar refractivity (Wildman–Crippen MR) is 72.0 cm³/mol. The normalized spacial score (nSPS) is 19.5. The van der Waals surface area contributed by atoms with Gasteiger partial charge in [0.1, 0.15) is 12.0 Å². The molecule has 4 nitrogen and oxygen atoms in total. The first-order valence-corrected chi connectivity index (χ1v) is 6.51. The Morgan fingerprint density at radius 1 is 1.37 bits per heavy atom. The summed E-state index contributed by atoms with van der Waals surface area (Å²) < 4.78 is 12.9. The Bertz CT molecular complexity index is 433. The van der Waals surface area contributed by atoms with Crippen molar-refractivity contribution in [3.63, 3.8) is 0 Å². The van der Waals surface area contributed by atoms with E-state index in [1.807, 2.05) is 19.0 Å². The summed E-state index contributed by atoms with van der Waals surface area (Å²) in [6.45, 7) is 2.01. The molecule has 1 atom stereocenters. The van der Waals surface area contributed by atoms with Gasteiger partial charge in [0.05, 0.1) is 6.54 Å². The molecule has 1 aromatic carbocycles. The lowest BCUT2D eigenvalue weighted by molar-refractivity contribution is -0.128. The molecule has 0 aliphatic carbocycles. The zero-order valence-electron chi connectivity index (χ0n) is 11.4. The Labute approximate surface area is 113 Å². The van der Waals surface area contributed by atoms with E-state index < -0.39 is 0 Å². The summed E-state index contributed by atoms with van der Waals surface area (Å²) in [7, 11) is 4.03. The maximum atomic E-state index is 12.9. The number of hydrogen-bond acceptors (Lipinski definition) is 3. The van der Waals surface area contributed by atoms with Crippen molar-refractivity contribution in [1.82, 2.24) is 15.1 Å². The summed E-state index contributed by atoms with van der Waals surface area (Å²) in [5.41, 5.74) is 0.928. The van der Waals surface area contributed by atoms with E-state index in [4.69, 9.17) is 0 Å². The Kier molecular flexibility index (Phi) is 4.50. The molecule has 1 fully saturated rings. The van der Waals surface area contributed by atoms with E-state index in [-0.39, 0.29) is 17.9 Å². The monoisotopic (exact) mass is 265 g/mol. The number of carbonyl (C=O) groups excluding carboxylic acids is 1. The maximum Gasteiger partial charge on any atom is 0.238 e. The molecule has 1 aliphatic heterocycles. The van der Waals surface area contributed by atoms with Gasteiger partial charge in [-0.3, -0.25) is 10.1 Å². The minimum atomic E-state index is -0.257. The van der Waals surface area contributed by atoms with Gasteiger partial charge in [-0.2, -0.15) is 0 Å². The van der Waals surface area contributed by atoms with Crippen molar-refractivity contribution < 1.29 is 9.18 Å². The Morgan fingerprint density at radius 3 is 2.68 bits per heavy atom. The van der Waals surface area contributed by atoms with Crippen LogP contribution in [0.5, 0.6) is 0 Å². The molecule has 0 saturated carbocycles. The van der Waals surface area contributed by atoms with Gasteiger partial charge >= 0.3 is 0 Å². The first kappa shape index (κ1) is 14.0. The number of carbonyl (C=O) groups is 1. The van der Waals surface area contributed by atoms with Gasteiger partial charge in [0.15, 0.2) is 0 Å². The summed E-state index contributed by atoms with van der Waals surface area (Å²) in [6, 6.07) is 6.31. The van der Waals surface area contributed by atoms with Crippen LogP contribution >= 0.6 is 0 Å². The highest BCUT2D eigenvalue weighted by Gasteiger charge is 2.30. The smallest absolute Gasteiger partial charge is 0.238 e. The molecular weight excluding hydrogens is 245 g/mol. The quantitative estimate of drug-likeness (QED) is 0.869. The van der Waals surface area contributed by atoms with E-state index in [1.165, 1.54) is 12.1 Å². The molecule has 1 heterocycles. The Hall–Kier alpha value is -1.46. The standard InChI is InChI=1S/C14H20FN3O/c1-17(2)8-3-9-18-13(19)10-16-14(18)11-4-6-12(15)7-5-11/h4-7,14,16H,3,8-10H2,1-2H3. The SMILES string of the molecule is CN(C)CCCN1C(=O)CNC1c1ccc(F)cc1. The van der Waals surface area contributed by atoms with E-state index in [0.29, 0.717) is 13.1 Å². The van der Waals surface area contributed by atoms with Gasteiger partial charge in [0.25, 0.3) is 0 Å². The molecule has 5 heteroatoms. The molecule has 1 unspecified atom stereocenters. The highest BCUT2D eigenvalue weighted by molar-refractivity contribution is 5.80. The van der Waals surface area contributed by atoms with Crippen LogP contribution in [0.1, 0.15) is 18.2 Å². The van der Waals surface area contributed by atoms with Crippen molar-refractivity contribution in [2.24, 2.45) is 0 Å². The molecule has 0 radical (unpaired) electrons. The Balaban J connectivity index is 2.02. The number of benzene rings is 1. The van der Waals surface area contributed by atoms with Gasteiger partial charge in [0, 0.05) is 6.54 Å². The van der Waals surface area contributed by atoms with Crippen molar-refractivity contribution in [1.29, 1.82) is 0 Å². The maximum absolute atomic E-state index is 12.9. The number of rotatable bonds is 5. The zero-order chi connectivity index (χ0) is 13.8. The largest absolute Gasteiger partial charge is 0.322 e. The van der Waals surface area contributed by atoms with Crippen LogP contribution in [0.3, 0.4) is 0 Å². The highest BCUT2D eigenvalue weighted by Crippen LogP contribution is 2.22. The first-order chi connectivity index (χ1) is 9.08. The first-order valence-electron chi connectivity index (χ1n) is 6.51. The lowest BCUT2D eigenvalue weighted by atomic mass is 10.1. The van der Waals surface area contributed by atoms with Crippen LogP contribution in [-0.4, -0.2) is 49.4 Å². The lowest BCUT2D eigenvalue weighted by Gasteiger charge is -2.25. The third kappa shape index (κ3) is 3.52. The van der Waals surface area contributed by atoms with Crippen LogP contribution in [0.15, 0.2) is 24.3 Å². The fourth-order valence-electron chi connectivity index (χ4n) is 2.29. The number of amides is 1. The van der Waals surface area contributed by atoms with Crippen LogP contribution in [0.25, 0.3) is 0 Å². The van der Waals surface area contributed by atoms with Gasteiger partial charge in [-0.1, -0.05) is 12.1 Å². The predicted octanol–water partition coefficient (Wildman–Crippen LogP) is 1.21. The van der Waals surface area contributed by atoms with E-state index in [9.17, 15) is 9.18 Å². The number of hydrogen-bond donors (Lipinski definition) is 1. The van der Waals surface area contributed by atoms with Crippen molar-refractivity contribution >= 4 is 5.91 Å². The van der Waals surface area contributed by atoms with Crippen LogP contribution in [0.2, 0.25) is 0 Å². The van der Waals surface area contributed by atoms with Gasteiger partial charge in [-0.15, -0.1) is 0 Å². The Morgan fingerprint density at radius 2 is 2.05 bits per heavy atom. The van der Waals surface area contributed by atoms with Crippen molar-refractivity contribution in [3.8, 4) is 0 Å². The molecule has 2 rings (SSSR count). The fourth-order valence-corrected chi connectivity index (χ4v) is 2.29. The van der Waals surface area contributed by atoms with Gasteiger partial charge in [-0.25, -0.2) is 4.39 Å². The minimum Gasteiger partial charge on any atom is -0.322 e. The zero-order valence-corrected chi connectivity index (χ0v) is 11.4. The van der Waals surface area contributed by atoms with Crippen molar-refractivity contribution in [3.05, 3.63) is 35.6 Å². The van der Waals surface area contributed by atoms with Gasteiger partial charge < -0.3 is 9.80 Å². The van der Waals surface area contributed by atoms with Crippen molar-refractivity contribution in [2.45, 2.75) is 12.6 Å². The van der Waals surface area contributed by atoms with Crippen LogP contribution in [0, 0.1) is 5.82 Å². The summed E-state index contributed by atoms with van der Waals surface area (Å²) in [5.74, 6) is -0.152. The van der Waals surface area contributed by atoms with Gasteiger partial charge in [-0.05, 0) is 44.8 Å². The number of nitrogens with zero attached hydrogens (tertiary/aromatic N) is 2. The molecule has 0 spiro atoms. The minimum absolute atomic E-state index is 0.105. The molecule has 0 bridgehead atoms. The number of halogens is 1. The summed E-state index contributed by atoms with van der Waals surface area (Å²) >= 11 is 0. The summed E-state index contributed by atoms with van der Waals surface area (Å²) in [6.07, 6.45) is 0.799. The van der Waals surface area contributed by atoms with E-state index >= 15 is 0 Å². The fraction of sp³-hybridized carbons (Fsp3) is 0.500. The summed E-state index contributed by atoms with van der Waals surface area (Å²) in [4.78, 5) is 15.8. The lowest BCUT2D eigenvalue weighted by Crippen LogP contribution is -2.32. The molecule has 1 N–H and O–H groups in total. The third-order valence-corrected chi connectivity index (χ3v) is 3.27. The summed E-state index contributed by atoms with van der Waals surface area (Å²) in [5, 5.41) is 3.17. The molecular formula is C14H20FN3O. The second-order valence-electron chi connectivity index (χ2n) is 5.08.